The number of aromatic carboxylic acids is 8. The van der Waals surface area contributed by atoms with Gasteiger partial charge in [-0.2, -0.15) is 0 Å². The summed E-state index contributed by atoms with van der Waals surface area (Å²) in [4.78, 5) is 110. The molecule has 2 heterocycles. The summed E-state index contributed by atoms with van der Waals surface area (Å²) in [5, 5.41) is 81.6. The molecule has 0 atom stereocenters. The summed E-state index contributed by atoms with van der Waals surface area (Å²) >= 11 is 0. The van der Waals surface area contributed by atoms with Gasteiger partial charge in [0.2, 0.25) is 11.8 Å². The van der Waals surface area contributed by atoms with Crippen molar-refractivity contribution in [2.45, 2.75) is 55.4 Å². The van der Waals surface area contributed by atoms with E-state index < -0.39 is 59.6 Å². The number of hydrogen-bond donors (Lipinski definition) is 2. The zero-order valence-corrected chi connectivity index (χ0v) is 71.3. The molecule has 0 spiro atoms. The minimum atomic E-state index is -1.12. The van der Waals surface area contributed by atoms with Crippen LogP contribution in [0.15, 0.2) is 243 Å². The summed E-state index contributed by atoms with van der Waals surface area (Å²) in [5.41, 5.74) is 20.9. The van der Waals surface area contributed by atoms with E-state index in [9.17, 15) is 88.8 Å². The van der Waals surface area contributed by atoms with Crippen molar-refractivity contribution in [3.05, 3.63) is 343 Å². The molecular formula is C76H78N4O22Zn4+2. The first kappa shape index (κ1) is 111. The third-order valence-corrected chi connectivity index (χ3v) is 12.2. The van der Waals surface area contributed by atoms with Gasteiger partial charge in [-0.3, -0.25) is 19.6 Å². The maximum Gasteiger partial charge on any atom is 2.00 e. The van der Waals surface area contributed by atoms with Crippen molar-refractivity contribution in [2.24, 2.45) is 11.5 Å². The minimum Gasteiger partial charge on any atom is -0.545 e. The number of amides is 2. The van der Waals surface area contributed by atoms with Crippen molar-refractivity contribution in [1.82, 2.24) is 9.97 Å². The molecule has 0 aliphatic rings. The zero-order chi connectivity index (χ0) is 73.9. The molecule has 540 valence electrons. The number of carbonyl (C=O) groups is 10. The fraction of sp³-hybridized carbons (Fsp3) is 0.105. The van der Waals surface area contributed by atoms with Crippen LogP contribution in [0.1, 0.15) is 148 Å². The van der Waals surface area contributed by atoms with Gasteiger partial charge in [-0.15, -0.1) is 0 Å². The second kappa shape index (κ2) is 61.6. The molecule has 10 rings (SSSR count). The zero-order valence-electron chi connectivity index (χ0n) is 59.5. The van der Waals surface area contributed by atoms with Crippen molar-refractivity contribution >= 4 is 59.6 Å². The summed E-state index contributed by atoms with van der Waals surface area (Å²) in [6.07, 6.45) is 6.05. The molecule has 26 nitrogen and oxygen atoms in total. The monoisotopic (exact) mass is 1650 g/mol. The number of nitrogens with two attached hydrogens (primary N) is 2. The maximum atomic E-state index is 10.4. The average molecular weight is 1660 g/mol. The van der Waals surface area contributed by atoms with Gasteiger partial charge in [-0.05, 0) is 124 Å². The van der Waals surface area contributed by atoms with Crippen molar-refractivity contribution < 1.29 is 189 Å². The van der Waals surface area contributed by atoms with E-state index in [1.54, 1.807) is 134 Å². The van der Waals surface area contributed by atoms with Gasteiger partial charge in [0.15, 0.2) is 0 Å². The van der Waals surface area contributed by atoms with Crippen LogP contribution in [0.3, 0.4) is 0 Å². The standard InChI is InChI=1S/8C8H8O2.2C6H6N2O.4H2O.4Zn/c8*1-6-2-4-7(5-3-6)8(9)10;2*7-6(9)5-2-1-3-8-4-5;;;;;;;;/h8*2-5H,1H3,(H,9,10);2*1-4H,(H2,7,9);4*1H2;;;;/q;;;;;;;;;;;;;;4*+2/p-6. The second-order valence-corrected chi connectivity index (χ2v) is 20.4. The molecule has 8 aromatic carbocycles. The molecule has 0 aliphatic carbocycles. The Morgan fingerprint density at radius 3 is 0.406 bits per heavy atom. The van der Waals surface area contributed by atoms with Gasteiger partial charge in [0, 0.05) is 24.8 Å². The van der Waals surface area contributed by atoms with Crippen molar-refractivity contribution in [2.75, 3.05) is 0 Å². The largest absolute Gasteiger partial charge is 2.00 e. The number of carboxylic acid groups (broad SMARTS) is 8. The molecule has 10 aromatic rings. The van der Waals surface area contributed by atoms with Crippen LogP contribution in [0.25, 0.3) is 0 Å². The first-order valence-corrected chi connectivity index (χ1v) is 28.8. The predicted molar refractivity (Wildman–Crippen MR) is 367 cm³/mol. The normalized spacial score (nSPS) is 8.53. The number of pyridine rings is 2. The van der Waals surface area contributed by atoms with Gasteiger partial charge >= 0.3 is 77.9 Å². The number of hydrogen-bond acceptors (Lipinski definition) is 20. The van der Waals surface area contributed by atoms with Crippen LogP contribution in [0.4, 0.5) is 0 Å². The molecule has 0 saturated heterocycles. The Bertz CT molecular complexity index is 3430. The minimum absolute atomic E-state index is 0. The van der Waals surface area contributed by atoms with Crippen molar-refractivity contribution in [3.63, 3.8) is 0 Å². The van der Waals surface area contributed by atoms with E-state index in [1.807, 2.05) is 55.4 Å². The smallest absolute Gasteiger partial charge is 0.545 e. The Morgan fingerprint density at radius 1 is 0.226 bits per heavy atom. The number of benzene rings is 8. The van der Waals surface area contributed by atoms with Crippen molar-refractivity contribution in [1.29, 1.82) is 0 Å². The van der Waals surface area contributed by atoms with Crippen LogP contribution >= 0.6 is 0 Å². The summed E-state index contributed by atoms with van der Waals surface area (Å²) in [6, 6.07) is 59.0. The molecule has 2 aromatic heterocycles. The summed E-state index contributed by atoms with van der Waals surface area (Å²) in [7, 11) is 0. The summed E-state index contributed by atoms with van der Waals surface area (Å²) in [5.74, 6) is -9.88. The fourth-order valence-corrected chi connectivity index (χ4v) is 6.53. The van der Waals surface area contributed by atoms with Gasteiger partial charge in [-0.1, -0.05) is 239 Å². The molecule has 0 unspecified atom stereocenters. The van der Waals surface area contributed by atoms with E-state index in [2.05, 4.69) is 9.97 Å². The van der Waals surface area contributed by atoms with Crippen LogP contribution < -0.4 is 52.3 Å². The van der Waals surface area contributed by atoms with Crippen LogP contribution in [-0.2, 0) is 88.9 Å². The van der Waals surface area contributed by atoms with Crippen LogP contribution in [0.5, 0.6) is 0 Å². The molecule has 106 heavy (non-hydrogen) atoms. The Morgan fingerprint density at radius 2 is 0.340 bits per heavy atom. The van der Waals surface area contributed by atoms with E-state index in [0.29, 0.717) is 11.1 Å². The molecule has 0 aliphatic heterocycles. The van der Waals surface area contributed by atoms with Gasteiger partial charge < -0.3 is 113 Å². The number of carbonyl (C=O) groups excluding carboxylic acids is 10. The fourth-order valence-electron chi connectivity index (χ4n) is 6.53. The first-order chi connectivity index (χ1) is 46.2. The Hall–Kier alpha value is -10.9. The number of primary amides is 2. The Labute approximate surface area is 663 Å². The van der Waals surface area contributed by atoms with E-state index in [0.717, 1.165) is 44.5 Å². The molecular weight excluding hydrogens is 1580 g/mol. The molecule has 30 heteroatoms. The quantitative estimate of drug-likeness (QED) is 0.131. The van der Waals surface area contributed by atoms with Gasteiger partial charge in [0.25, 0.3) is 0 Å². The van der Waals surface area contributed by atoms with E-state index in [-0.39, 0.29) is 144 Å². The van der Waals surface area contributed by atoms with E-state index in [4.69, 9.17) is 11.5 Å². The predicted octanol–water partition coefficient (Wildman–Crippen LogP) is -0.274. The van der Waals surface area contributed by atoms with Crippen LogP contribution in [0, 0.1) is 55.4 Å². The van der Waals surface area contributed by atoms with Gasteiger partial charge in [0.1, 0.15) is 0 Å². The topological polar surface area (TPSA) is 562 Å². The first-order valence-electron chi connectivity index (χ1n) is 28.8. The Balaban J connectivity index is -0.000000166. The van der Waals surface area contributed by atoms with E-state index >= 15 is 0 Å². The number of nitrogens with zero attached hydrogens (tertiary/aromatic N) is 2. The van der Waals surface area contributed by atoms with E-state index in [1.165, 1.54) is 109 Å². The maximum absolute atomic E-state index is 10.4. The van der Waals surface area contributed by atoms with Crippen LogP contribution in [0.2, 0.25) is 0 Å². The third-order valence-electron chi connectivity index (χ3n) is 12.2. The Kier molecular flexibility index (Phi) is 64.5. The van der Waals surface area contributed by atoms with Crippen LogP contribution in [-0.4, -0.2) is 80.5 Å². The summed E-state index contributed by atoms with van der Waals surface area (Å²) < 4.78 is 0. The van der Waals surface area contributed by atoms with Crippen molar-refractivity contribution in [3.8, 4) is 0 Å². The van der Waals surface area contributed by atoms with Gasteiger partial charge in [0.05, 0.1) is 58.9 Å². The number of carboxylic acids is 8. The third kappa shape index (κ3) is 50.5. The SMILES string of the molecule is Cc1ccc(C(=O)[O-])cc1.Cc1ccc(C(=O)[O-])cc1.Cc1ccc(C(=O)[O-])cc1.Cc1ccc(C(=O)[O-])cc1.Cc1ccc(C(=O)[O-])cc1.Cc1ccc(C(=O)[O-])cc1.Cc1ccc(C(=O)[O-])cc1.Cc1ccc(C(=O)[O-])cc1.NC(=O)c1cccnc1.NC(=O)c1cccnc1.O.O.[OH3+].[OH3+].[Zn+2].[Zn+2].[Zn+2].[Zn+2]. The number of aromatic nitrogens is 2. The molecule has 14 N–H and O–H groups in total. The molecule has 0 saturated carbocycles. The number of rotatable bonds is 10. The summed E-state index contributed by atoms with van der Waals surface area (Å²) in [6.45, 7) is 15.2. The molecule has 2 amide bonds. The van der Waals surface area contributed by atoms with Gasteiger partial charge in [-0.25, -0.2) is 0 Å². The molecule has 0 radical (unpaired) electrons. The average Bonchev–Trinajstić information content (AvgIpc) is 0.936. The molecule has 0 bridgehead atoms. The molecule has 0 fully saturated rings. The number of aryl methyl sites for hydroxylation is 8. The second-order valence-electron chi connectivity index (χ2n) is 20.4.